The van der Waals surface area contributed by atoms with Gasteiger partial charge in [-0.3, -0.25) is 9.59 Å². The van der Waals surface area contributed by atoms with Crippen LogP contribution in [0.25, 0.3) is 10.6 Å². The average molecular weight is 388 g/mol. The van der Waals surface area contributed by atoms with Crippen molar-refractivity contribution in [1.82, 2.24) is 15.1 Å². The molecule has 1 N–H and O–H groups in total. The van der Waals surface area contributed by atoms with E-state index in [4.69, 9.17) is 11.6 Å². The minimum atomic E-state index is -0.687. The molecule has 0 spiro atoms. The molecule has 0 radical (unpaired) electrons. The lowest BCUT2D eigenvalue weighted by atomic mass is 10.1. The van der Waals surface area contributed by atoms with E-state index in [-0.39, 0.29) is 11.5 Å². The number of carbonyl (C=O) groups excluding carboxylic acids is 1. The Bertz CT molecular complexity index is 936. The fraction of sp³-hybridized carbons (Fsp3) is 0.211. The summed E-state index contributed by atoms with van der Waals surface area (Å²) in [6, 6.07) is 13.8. The summed E-state index contributed by atoms with van der Waals surface area (Å²) in [5.41, 5.74) is 1.46. The number of amides is 1. The van der Waals surface area contributed by atoms with Crippen molar-refractivity contribution in [2.75, 3.05) is 6.54 Å². The number of hydrogen-bond donors (Lipinski definition) is 1. The Morgan fingerprint density at radius 1 is 1.23 bits per heavy atom. The van der Waals surface area contributed by atoms with Crippen LogP contribution >= 0.6 is 22.9 Å². The quantitative estimate of drug-likeness (QED) is 0.703. The Hall–Kier alpha value is -2.44. The van der Waals surface area contributed by atoms with E-state index in [2.05, 4.69) is 10.4 Å². The fourth-order valence-electron chi connectivity index (χ4n) is 2.50. The van der Waals surface area contributed by atoms with E-state index in [0.717, 1.165) is 10.4 Å². The van der Waals surface area contributed by atoms with Crippen LogP contribution in [-0.2, 0) is 11.2 Å². The molecule has 1 amide bonds. The summed E-state index contributed by atoms with van der Waals surface area (Å²) < 4.78 is 1.23. The summed E-state index contributed by atoms with van der Waals surface area (Å²) in [5.74, 6) is -0.239. The third-order valence-corrected chi connectivity index (χ3v) is 5.12. The summed E-state index contributed by atoms with van der Waals surface area (Å²) in [6.45, 7) is 2.15. The van der Waals surface area contributed by atoms with E-state index in [1.54, 1.807) is 13.0 Å². The lowest BCUT2D eigenvalue weighted by Crippen LogP contribution is -2.37. The largest absolute Gasteiger partial charge is 0.354 e. The van der Waals surface area contributed by atoms with E-state index in [9.17, 15) is 9.59 Å². The standard InChI is InChI=1S/C19H18ClN3O2S/c1-13(19(25)21-11-10-14-4-6-15(20)7-5-14)23-18(24)9-8-16(22-23)17-3-2-12-26-17/h2-9,12-13H,10-11H2,1H3,(H,21,25). The molecule has 0 aliphatic rings. The van der Waals surface area contributed by atoms with Crippen molar-refractivity contribution < 1.29 is 4.79 Å². The maximum absolute atomic E-state index is 12.4. The number of nitrogens with one attached hydrogen (secondary N) is 1. The van der Waals surface area contributed by atoms with Gasteiger partial charge in [-0.2, -0.15) is 5.10 Å². The topological polar surface area (TPSA) is 64.0 Å². The Labute approximate surface area is 160 Å². The third-order valence-electron chi connectivity index (χ3n) is 3.97. The smallest absolute Gasteiger partial charge is 0.267 e. The number of thiophene rings is 1. The molecule has 0 aliphatic heterocycles. The monoisotopic (exact) mass is 387 g/mol. The first-order valence-electron chi connectivity index (χ1n) is 8.20. The third kappa shape index (κ3) is 4.39. The van der Waals surface area contributed by atoms with Crippen LogP contribution in [0.3, 0.4) is 0 Å². The highest BCUT2D eigenvalue weighted by Gasteiger charge is 2.17. The average Bonchev–Trinajstić information content (AvgIpc) is 3.18. The van der Waals surface area contributed by atoms with Crippen molar-refractivity contribution in [3.8, 4) is 10.6 Å². The fourth-order valence-corrected chi connectivity index (χ4v) is 3.31. The predicted molar refractivity (Wildman–Crippen MR) is 105 cm³/mol. The van der Waals surface area contributed by atoms with E-state index in [1.807, 2.05) is 41.8 Å². The van der Waals surface area contributed by atoms with Crippen LogP contribution in [0, 0.1) is 0 Å². The molecular weight excluding hydrogens is 370 g/mol. The maximum Gasteiger partial charge on any atom is 0.267 e. The molecule has 3 rings (SSSR count). The molecule has 1 unspecified atom stereocenters. The van der Waals surface area contributed by atoms with E-state index >= 15 is 0 Å². The molecule has 7 heteroatoms. The van der Waals surface area contributed by atoms with Crippen molar-refractivity contribution in [1.29, 1.82) is 0 Å². The molecule has 0 aliphatic carbocycles. The molecule has 0 fully saturated rings. The van der Waals surface area contributed by atoms with Crippen LogP contribution in [-0.4, -0.2) is 22.2 Å². The first kappa shape index (κ1) is 18.4. The summed E-state index contributed by atoms with van der Waals surface area (Å²) in [7, 11) is 0. The second-order valence-electron chi connectivity index (χ2n) is 5.82. The van der Waals surface area contributed by atoms with Gasteiger partial charge in [-0.05, 0) is 48.6 Å². The minimum absolute atomic E-state index is 0.239. The van der Waals surface area contributed by atoms with Gasteiger partial charge in [0.1, 0.15) is 11.7 Å². The second kappa shape index (κ2) is 8.29. The predicted octanol–water partition coefficient (Wildman–Crippen LogP) is 3.55. The molecular formula is C19H18ClN3O2S. The molecule has 0 bridgehead atoms. The van der Waals surface area contributed by atoms with Crippen LogP contribution in [0.5, 0.6) is 0 Å². The summed E-state index contributed by atoms with van der Waals surface area (Å²) >= 11 is 7.40. The molecule has 1 aromatic carbocycles. The first-order chi connectivity index (χ1) is 12.5. The molecule has 26 heavy (non-hydrogen) atoms. The summed E-state index contributed by atoms with van der Waals surface area (Å²) in [6.07, 6.45) is 0.688. The van der Waals surface area contributed by atoms with Crippen LogP contribution in [0.1, 0.15) is 18.5 Å². The van der Waals surface area contributed by atoms with Gasteiger partial charge in [-0.25, -0.2) is 4.68 Å². The Balaban J connectivity index is 1.65. The normalized spacial score (nSPS) is 11.9. The molecule has 3 aromatic rings. The lowest BCUT2D eigenvalue weighted by Gasteiger charge is -2.14. The molecule has 5 nitrogen and oxygen atoms in total. The Kier molecular flexibility index (Phi) is 5.85. The van der Waals surface area contributed by atoms with Crippen molar-refractivity contribution in [3.63, 3.8) is 0 Å². The highest BCUT2D eigenvalue weighted by Crippen LogP contribution is 2.21. The first-order valence-corrected chi connectivity index (χ1v) is 9.46. The van der Waals surface area contributed by atoms with E-state index < -0.39 is 6.04 Å². The van der Waals surface area contributed by atoms with E-state index in [0.29, 0.717) is 23.7 Å². The lowest BCUT2D eigenvalue weighted by molar-refractivity contribution is -0.124. The van der Waals surface area contributed by atoms with Gasteiger partial charge in [-0.1, -0.05) is 29.8 Å². The second-order valence-corrected chi connectivity index (χ2v) is 7.21. The highest BCUT2D eigenvalue weighted by molar-refractivity contribution is 7.13. The number of aromatic nitrogens is 2. The van der Waals surface area contributed by atoms with Crippen molar-refractivity contribution in [3.05, 3.63) is 74.9 Å². The van der Waals surface area contributed by atoms with Gasteiger partial charge >= 0.3 is 0 Å². The van der Waals surface area contributed by atoms with Crippen LogP contribution in [0.15, 0.2) is 58.7 Å². The zero-order valence-electron chi connectivity index (χ0n) is 14.2. The zero-order chi connectivity index (χ0) is 18.5. The molecule has 1 atom stereocenters. The molecule has 2 heterocycles. The van der Waals surface area contributed by atoms with Gasteiger partial charge in [0.25, 0.3) is 5.56 Å². The van der Waals surface area contributed by atoms with Crippen LogP contribution < -0.4 is 10.9 Å². The van der Waals surface area contributed by atoms with Gasteiger partial charge < -0.3 is 5.32 Å². The zero-order valence-corrected chi connectivity index (χ0v) is 15.8. The van der Waals surface area contributed by atoms with Gasteiger partial charge in [0.05, 0.1) is 4.88 Å². The molecule has 0 saturated carbocycles. The molecule has 134 valence electrons. The number of carbonyl (C=O) groups is 1. The minimum Gasteiger partial charge on any atom is -0.354 e. The number of benzene rings is 1. The molecule has 2 aromatic heterocycles. The van der Waals surface area contributed by atoms with Gasteiger partial charge in [0.15, 0.2) is 0 Å². The number of rotatable bonds is 6. The van der Waals surface area contributed by atoms with Crippen molar-refractivity contribution in [2.45, 2.75) is 19.4 Å². The van der Waals surface area contributed by atoms with Crippen molar-refractivity contribution >= 4 is 28.8 Å². The maximum atomic E-state index is 12.4. The van der Waals surface area contributed by atoms with Gasteiger partial charge in [0.2, 0.25) is 5.91 Å². The van der Waals surface area contributed by atoms with Crippen molar-refractivity contribution in [2.24, 2.45) is 0 Å². The summed E-state index contributed by atoms with van der Waals surface area (Å²) in [5, 5.41) is 9.83. The van der Waals surface area contributed by atoms with E-state index in [1.165, 1.54) is 22.1 Å². The van der Waals surface area contributed by atoms with Crippen LogP contribution in [0.4, 0.5) is 0 Å². The SMILES string of the molecule is CC(C(=O)NCCc1ccc(Cl)cc1)n1nc(-c2cccs2)ccc1=O. The molecule has 0 saturated heterocycles. The number of halogens is 1. The number of hydrogen-bond acceptors (Lipinski definition) is 4. The van der Waals surface area contributed by atoms with Gasteiger partial charge in [-0.15, -0.1) is 11.3 Å². The van der Waals surface area contributed by atoms with Gasteiger partial charge in [0, 0.05) is 17.6 Å². The number of nitrogens with zero attached hydrogens (tertiary/aromatic N) is 2. The Morgan fingerprint density at radius 3 is 2.69 bits per heavy atom. The Morgan fingerprint density at radius 2 is 2.00 bits per heavy atom. The van der Waals surface area contributed by atoms with Crippen LogP contribution in [0.2, 0.25) is 5.02 Å². The summed E-state index contributed by atoms with van der Waals surface area (Å²) in [4.78, 5) is 25.5. The highest BCUT2D eigenvalue weighted by atomic mass is 35.5.